The molecule has 0 aliphatic heterocycles. The Morgan fingerprint density at radius 3 is 2.37 bits per heavy atom. The van der Waals surface area contributed by atoms with Gasteiger partial charge >= 0.3 is 0 Å². The van der Waals surface area contributed by atoms with E-state index in [4.69, 9.17) is 0 Å². The maximum atomic E-state index is 12.3. The van der Waals surface area contributed by atoms with Gasteiger partial charge in [0.2, 0.25) is 5.91 Å². The molecule has 0 bridgehead atoms. The van der Waals surface area contributed by atoms with Gasteiger partial charge in [0.05, 0.1) is 0 Å². The highest BCUT2D eigenvalue weighted by atomic mass is 32.2. The molecule has 1 aromatic carbocycles. The fourth-order valence-electron chi connectivity index (χ4n) is 4.46. The van der Waals surface area contributed by atoms with Crippen LogP contribution in [0.4, 0.5) is 5.69 Å². The predicted molar refractivity (Wildman–Crippen MR) is 146 cm³/mol. The van der Waals surface area contributed by atoms with E-state index in [1.54, 1.807) is 31.2 Å². The smallest absolute Gasteiger partial charge is 0.271 e. The molecule has 35 heavy (non-hydrogen) atoms. The molecule has 6 heteroatoms. The number of hydrogen-bond acceptors (Lipinski definition) is 3. The van der Waals surface area contributed by atoms with Crippen LogP contribution >= 0.6 is 0 Å². The standard InChI is InChI=1S/C29H39NO4S/c1-7-27(35(32,33)34)24-14-16-25(17-15-24)30-28(31)20-22(3)11-8-10-21(2)13-18-26-23(4)12-9-19-29(26,5)6/h8,10-11,13-18,20,27H,7,9,12,19H2,1-6H3,(H,30,31)(H,32,33,34). The van der Waals surface area contributed by atoms with Gasteiger partial charge in [-0.25, -0.2) is 0 Å². The zero-order valence-corrected chi connectivity index (χ0v) is 22.6. The van der Waals surface area contributed by atoms with Crippen LogP contribution in [0.5, 0.6) is 0 Å². The molecule has 0 aromatic heterocycles. The van der Waals surface area contributed by atoms with E-state index in [9.17, 15) is 17.8 Å². The first-order valence-corrected chi connectivity index (χ1v) is 13.6. The third-order valence-corrected chi connectivity index (χ3v) is 7.74. The van der Waals surface area contributed by atoms with Crippen molar-refractivity contribution in [3.05, 3.63) is 88.6 Å². The van der Waals surface area contributed by atoms with E-state index in [2.05, 4.69) is 45.2 Å². The summed E-state index contributed by atoms with van der Waals surface area (Å²) in [6.45, 7) is 12.5. The third-order valence-electron chi connectivity index (χ3n) is 6.41. The van der Waals surface area contributed by atoms with E-state index in [1.165, 1.54) is 36.5 Å². The van der Waals surface area contributed by atoms with Crippen LogP contribution in [0.1, 0.15) is 78.0 Å². The Bertz CT molecular complexity index is 1160. The molecule has 1 aliphatic rings. The van der Waals surface area contributed by atoms with E-state index in [-0.39, 0.29) is 17.7 Å². The molecule has 1 atom stereocenters. The summed E-state index contributed by atoms with van der Waals surface area (Å²) in [4.78, 5) is 12.3. The highest BCUT2D eigenvalue weighted by molar-refractivity contribution is 7.86. The summed E-state index contributed by atoms with van der Waals surface area (Å²) in [6.07, 6.45) is 15.6. The topological polar surface area (TPSA) is 83.5 Å². The van der Waals surface area contributed by atoms with Crippen molar-refractivity contribution in [2.75, 3.05) is 5.32 Å². The maximum absolute atomic E-state index is 12.3. The molecular weight excluding hydrogens is 458 g/mol. The first-order chi connectivity index (χ1) is 16.3. The molecular formula is C29H39NO4S. The van der Waals surface area contributed by atoms with Crippen LogP contribution in [0, 0.1) is 5.41 Å². The van der Waals surface area contributed by atoms with Crippen molar-refractivity contribution in [1.82, 2.24) is 0 Å². The minimum Gasteiger partial charge on any atom is -0.323 e. The van der Waals surface area contributed by atoms with Crippen molar-refractivity contribution in [2.45, 2.75) is 72.5 Å². The molecule has 0 saturated heterocycles. The number of anilines is 1. The monoisotopic (exact) mass is 497 g/mol. The summed E-state index contributed by atoms with van der Waals surface area (Å²) in [5.74, 6) is -0.274. The molecule has 2 rings (SSSR count). The van der Waals surface area contributed by atoms with Gasteiger partial charge in [0.25, 0.3) is 10.1 Å². The van der Waals surface area contributed by atoms with Gasteiger partial charge in [-0.2, -0.15) is 8.42 Å². The summed E-state index contributed by atoms with van der Waals surface area (Å²) in [5, 5.41) is 1.80. The van der Waals surface area contributed by atoms with Crippen molar-refractivity contribution < 1.29 is 17.8 Å². The second kappa shape index (κ2) is 12.3. The number of carbonyl (C=O) groups excluding carboxylic acids is 1. The summed E-state index contributed by atoms with van der Waals surface area (Å²) >= 11 is 0. The van der Waals surface area contributed by atoms with Gasteiger partial charge in [0.15, 0.2) is 0 Å². The van der Waals surface area contributed by atoms with Crippen molar-refractivity contribution in [1.29, 1.82) is 0 Å². The van der Waals surface area contributed by atoms with Crippen LogP contribution in [0.25, 0.3) is 0 Å². The van der Waals surface area contributed by atoms with Crippen LogP contribution in [0.15, 0.2) is 83.0 Å². The Morgan fingerprint density at radius 1 is 1.14 bits per heavy atom. The molecule has 1 amide bonds. The molecule has 0 saturated carbocycles. The molecule has 0 spiro atoms. The van der Waals surface area contributed by atoms with E-state index in [0.29, 0.717) is 11.3 Å². The zero-order valence-electron chi connectivity index (χ0n) is 21.8. The largest absolute Gasteiger partial charge is 0.323 e. The quantitative estimate of drug-likeness (QED) is 0.210. The van der Waals surface area contributed by atoms with Gasteiger partial charge in [-0.15, -0.1) is 0 Å². The van der Waals surface area contributed by atoms with Gasteiger partial charge in [-0.1, -0.05) is 74.4 Å². The van der Waals surface area contributed by atoms with E-state index in [1.807, 2.05) is 25.2 Å². The first-order valence-electron chi connectivity index (χ1n) is 12.1. The van der Waals surface area contributed by atoms with Gasteiger partial charge < -0.3 is 5.32 Å². The SMILES string of the molecule is CCC(c1ccc(NC(=O)C=C(C)C=CC=C(C)C=CC2=C(C)CCCC2(C)C)cc1)S(=O)(=O)O. The van der Waals surface area contributed by atoms with Gasteiger partial charge in [-0.05, 0) is 80.7 Å². The first kappa shape index (κ1) is 28.5. The van der Waals surface area contributed by atoms with Gasteiger partial charge in [0, 0.05) is 11.8 Å². The third kappa shape index (κ3) is 8.79. The fraction of sp³-hybridized carbons (Fsp3) is 0.414. The zero-order chi connectivity index (χ0) is 26.2. The lowest BCUT2D eigenvalue weighted by Crippen LogP contribution is -2.19. The highest BCUT2D eigenvalue weighted by Crippen LogP contribution is 2.40. The van der Waals surface area contributed by atoms with Gasteiger partial charge in [0.1, 0.15) is 5.25 Å². The molecule has 1 unspecified atom stereocenters. The highest BCUT2D eigenvalue weighted by Gasteiger charge is 2.26. The molecule has 0 heterocycles. The molecule has 0 fully saturated rings. The van der Waals surface area contributed by atoms with Crippen molar-refractivity contribution >= 4 is 21.7 Å². The van der Waals surface area contributed by atoms with Gasteiger partial charge in [-0.3, -0.25) is 9.35 Å². The number of hydrogen-bond donors (Lipinski definition) is 2. The lowest BCUT2D eigenvalue weighted by Gasteiger charge is -2.32. The molecule has 5 nitrogen and oxygen atoms in total. The van der Waals surface area contributed by atoms with E-state index >= 15 is 0 Å². The summed E-state index contributed by atoms with van der Waals surface area (Å²) in [6, 6.07) is 6.45. The van der Waals surface area contributed by atoms with Crippen molar-refractivity contribution in [3.8, 4) is 0 Å². The molecule has 0 radical (unpaired) electrons. The van der Waals surface area contributed by atoms with Crippen LogP contribution in [0.2, 0.25) is 0 Å². The Labute approximate surface area is 211 Å². The van der Waals surface area contributed by atoms with E-state index < -0.39 is 15.4 Å². The Hall–Kier alpha value is -2.70. The minimum atomic E-state index is -4.17. The number of allylic oxidation sites excluding steroid dienone is 9. The van der Waals surface area contributed by atoms with Crippen molar-refractivity contribution in [2.24, 2.45) is 5.41 Å². The molecule has 1 aromatic rings. The number of benzene rings is 1. The van der Waals surface area contributed by atoms with Crippen LogP contribution in [-0.2, 0) is 14.9 Å². The molecule has 1 aliphatic carbocycles. The molecule has 190 valence electrons. The fourth-order valence-corrected chi connectivity index (χ4v) is 5.39. The average molecular weight is 498 g/mol. The number of rotatable bonds is 9. The van der Waals surface area contributed by atoms with Crippen LogP contribution in [-0.4, -0.2) is 18.9 Å². The minimum absolute atomic E-state index is 0.218. The predicted octanol–water partition coefficient (Wildman–Crippen LogP) is 7.50. The maximum Gasteiger partial charge on any atom is 0.271 e. The molecule has 2 N–H and O–H groups in total. The second-order valence-electron chi connectivity index (χ2n) is 9.95. The van der Waals surface area contributed by atoms with Crippen molar-refractivity contribution in [3.63, 3.8) is 0 Å². The van der Waals surface area contributed by atoms with E-state index in [0.717, 1.165) is 11.1 Å². The average Bonchev–Trinajstić information content (AvgIpc) is 2.73. The summed E-state index contributed by atoms with van der Waals surface area (Å²) in [7, 11) is -4.17. The van der Waals surface area contributed by atoms with Crippen LogP contribution < -0.4 is 5.32 Å². The normalized spacial score (nSPS) is 18.4. The summed E-state index contributed by atoms with van der Waals surface area (Å²) < 4.78 is 32.3. The summed E-state index contributed by atoms with van der Waals surface area (Å²) in [5.41, 5.74) is 6.10. The second-order valence-corrected chi connectivity index (χ2v) is 11.5. The number of nitrogens with one attached hydrogen (secondary N) is 1. The Balaban J connectivity index is 1.98. The number of carbonyl (C=O) groups is 1. The Kier molecular flexibility index (Phi) is 10.0. The number of amides is 1. The Morgan fingerprint density at radius 2 is 1.80 bits per heavy atom. The van der Waals surface area contributed by atoms with Crippen LogP contribution in [0.3, 0.4) is 0 Å². The lowest BCUT2D eigenvalue weighted by molar-refractivity contribution is -0.111. The lowest BCUT2D eigenvalue weighted by atomic mass is 9.72.